The van der Waals surface area contributed by atoms with E-state index in [-0.39, 0.29) is 12.5 Å². The summed E-state index contributed by atoms with van der Waals surface area (Å²) >= 11 is 0. The van der Waals surface area contributed by atoms with E-state index in [1.807, 2.05) is 69.3 Å². The number of hydrogen-bond donors (Lipinski definition) is 1. The van der Waals surface area contributed by atoms with Gasteiger partial charge in [0.25, 0.3) is 5.91 Å². The highest BCUT2D eigenvalue weighted by Gasteiger charge is 2.07. The van der Waals surface area contributed by atoms with Crippen molar-refractivity contribution >= 4 is 11.6 Å². The van der Waals surface area contributed by atoms with Crippen molar-refractivity contribution in [1.82, 2.24) is 5.43 Å². The molecule has 0 fully saturated rings. The fourth-order valence-electron chi connectivity index (χ4n) is 2.09. The molecule has 0 unspecified atom stereocenters. The van der Waals surface area contributed by atoms with E-state index in [0.717, 1.165) is 28.2 Å². The van der Waals surface area contributed by atoms with Gasteiger partial charge in [-0.25, -0.2) is 5.43 Å². The smallest absolute Gasteiger partial charge is 0.277 e. The first-order valence-electron chi connectivity index (χ1n) is 7.15. The van der Waals surface area contributed by atoms with E-state index < -0.39 is 0 Å². The minimum Gasteiger partial charge on any atom is -0.483 e. The molecule has 0 aliphatic heterocycles. The maximum Gasteiger partial charge on any atom is 0.277 e. The van der Waals surface area contributed by atoms with Crippen LogP contribution in [0.1, 0.15) is 23.6 Å². The van der Waals surface area contributed by atoms with Gasteiger partial charge in [0.2, 0.25) is 0 Å². The summed E-state index contributed by atoms with van der Waals surface area (Å²) in [5, 5.41) is 4.09. The summed E-state index contributed by atoms with van der Waals surface area (Å²) in [5.74, 6) is 0.472. The molecule has 2 aromatic rings. The van der Waals surface area contributed by atoms with E-state index in [1.54, 1.807) is 0 Å². The van der Waals surface area contributed by atoms with Gasteiger partial charge in [-0.1, -0.05) is 48.5 Å². The number of hydrazone groups is 1. The van der Waals surface area contributed by atoms with Crippen molar-refractivity contribution in [3.63, 3.8) is 0 Å². The Balaban J connectivity index is 1.91. The van der Waals surface area contributed by atoms with Gasteiger partial charge >= 0.3 is 0 Å². The minimum absolute atomic E-state index is 0.0583. The number of benzene rings is 2. The zero-order chi connectivity index (χ0) is 15.9. The molecule has 1 N–H and O–H groups in total. The molecule has 4 heteroatoms. The predicted molar refractivity (Wildman–Crippen MR) is 88.2 cm³/mol. The van der Waals surface area contributed by atoms with E-state index in [4.69, 9.17) is 4.74 Å². The first-order valence-corrected chi connectivity index (χ1v) is 7.15. The molecule has 2 aromatic carbocycles. The number of nitrogens with zero attached hydrogens (tertiary/aromatic N) is 1. The zero-order valence-electron chi connectivity index (χ0n) is 13.1. The van der Waals surface area contributed by atoms with E-state index in [0.29, 0.717) is 0 Å². The highest BCUT2D eigenvalue weighted by Crippen LogP contribution is 2.21. The number of ether oxygens (including phenoxy) is 1. The number of rotatable bonds is 5. The number of hydrogen-bond acceptors (Lipinski definition) is 3. The number of nitrogens with one attached hydrogen (secondary N) is 1. The number of carbonyl (C=O) groups is 1. The molecule has 0 saturated heterocycles. The van der Waals surface area contributed by atoms with Crippen LogP contribution in [0, 0.1) is 13.8 Å². The highest BCUT2D eigenvalue weighted by molar-refractivity contribution is 5.99. The Morgan fingerprint density at radius 3 is 2.32 bits per heavy atom. The molecule has 0 spiro atoms. The number of amides is 1. The normalized spacial score (nSPS) is 11.1. The molecular formula is C18H20N2O2. The molecule has 22 heavy (non-hydrogen) atoms. The van der Waals surface area contributed by atoms with Crippen LogP contribution < -0.4 is 10.2 Å². The molecule has 0 aromatic heterocycles. The Hall–Kier alpha value is -2.62. The van der Waals surface area contributed by atoms with Crippen LogP contribution in [0.25, 0.3) is 0 Å². The van der Waals surface area contributed by atoms with Gasteiger partial charge in [-0.3, -0.25) is 4.79 Å². The molecule has 0 atom stereocenters. The van der Waals surface area contributed by atoms with Crippen molar-refractivity contribution in [3.8, 4) is 5.75 Å². The van der Waals surface area contributed by atoms with Gasteiger partial charge in [0.05, 0.1) is 5.71 Å². The summed E-state index contributed by atoms with van der Waals surface area (Å²) in [4.78, 5) is 11.8. The average molecular weight is 296 g/mol. The van der Waals surface area contributed by atoms with Gasteiger partial charge in [0.1, 0.15) is 5.75 Å². The van der Waals surface area contributed by atoms with Gasteiger partial charge in [-0.2, -0.15) is 5.10 Å². The van der Waals surface area contributed by atoms with E-state index >= 15 is 0 Å². The van der Waals surface area contributed by atoms with Crippen molar-refractivity contribution in [2.24, 2.45) is 5.10 Å². The average Bonchev–Trinajstić information content (AvgIpc) is 2.53. The summed E-state index contributed by atoms with van der Waals surface area (Å²) in [5.41, 5.74) is 6.26. The van der Waals surface area contributed by atoms with Crippen molar-refractivity contribution in [1.29, 1.82) is 0 Å². The van der Waals surface area contributed by atoms with Gasteiger partial charge in [0.15, 0.2) is 6.61 Å². The summed E-state index contributed by atoms with van der Waals surface area (Å²) in [6.45, 7) is 5.70. The van der Waals surface area contributed by atoms with Crippen molar-refractivity contribution in [2.75, 3.05) is 6.61 Å². The lowest BCUT2D eigenvalue weighted by Gasteiger charge is -2.11. The predicted octanol–water partition coefficient (Wildman–Crippen LogP) is 3.22. The fraction of sp³-hybridized carbons (Fsp3) is 0.222. The van der Waals surface area contributed by atoms with Gasteiger partial charge in [-0.05, 0) is 37.5 Å². The van der Waals surface area contributed by atoms with E-state index in [9.17, 15) is 4.79 Å². The fourth-order valence-corrected chi connectivity index (χ4v) is 2.09. The van der Waals surface area contributed by atoms with Crippen LogP contribution in [0.5, 0.6) is 5.75 Å². The van der Waals surface area contributed by atoms with Crippen LogP contribution in [-0.2, 0) is 4.79 Å². The summed E-state index contributed by atoms with van der Waals surface area (Å²) in [7, 11) is 0. The Morgan fingerprint density at radius 2 is 1.68 bits per heavy atom. The van der Waals surface area contributed by atoms with Crippen LogP contribution in [0.3, 0.4) is 0 Å². The second kappa shape index (κ2) is 7.41. The van der Waals surface area contributed by atoms with Gasteiger partial charge in [-0.15, -0.1) is 0 Å². The van der Waals surface area contributed by atoms with Crippen molar-refractivity contribution < 1.29 is 9.53 Å². The van der Waals surface area contributed by atoms with Gasteiger partial charge in [0, 0.05) is 0 Å². The molecular weight excluding hydrogens is 276 g/mol. The Kier molecular flexibility index (Phi) is 5.31. The van der Waals surface area contributed by atoms with Gasteiger partial charge < -0.3 is 4.74 Å². The van der Waals surface area contributed by atoms with E-state index in [2.05, 4.69) is 10.5 Å². The quantitative estimate of drug-likeness (QED) is 0.680. The van der Waals surface area contributed by atoms with Crippen LogP contribution in [0.15, 0.2) is 53.6 Å². The molecule has 4 nitrogen and oxygen atoms in total. The zero-order valence-corrected chi connectivity index (χ0v) is 13.1. The number of aryl methyl sites for hydroxylation is 2. The first kappa shape index (κ1) is 15.8. The topological polar surface area (TPSA) is 50.7 Å². The van der Waals surface area contributed by atoms with Crippen LogP contribution >= 0.6 is 0 Å². The maximum atomic E-state index is 11.8. The Morgan fingerprint density at radius 1 is 1.05 bits per heavy atom. The summed E-state index contributed by atoms with van der Waals surface area (Å²) in [6.07, 6.45) is 0. The molecule has 0 aliphatic rings. The summed E-state index contributed by atoms with van der Waals surface area (Å²) in [6, 6.07) is 15.6. The molecule has 1 amide bonds. The molecule has 0 radical (unpaired) electrons. The van der Waals surface area contributed by atoms with E-state index in [1.165, 1.54) is 0 Å². The van der Waals surface area contributed by atoms with Crippen molar-refractivity contribution in [3.05, 3.63) is 65.2 Å². The summed E-state index contributed by atoms with van der Waals surface area (Å²) < 4.78 is 5.59. The first-order chi connectivity index (χ1) is 10.6. The van der Waals surface area contributed by atoms with Crippen LogP contribution in [-0.4, -0.2) is 18.2 Å². The molecule has 0 bridgehead atoms. The van der Waals surface area contributed by atoms with Crippen LogP contribution in [0.2, 0.25) is 0 Å². The highest BCUT2D eigenvalue weighted by atomic mass is 16.5. The Labute approximate surface area is 130 Å². The third kappa shape index (κ3) is 4.19. The lowest BCUT2D eigenvalue weighted by molar-refractivity contribution is -0.123. The number of carbonyl (C=O) groups excluding carboxylic acids is 1. The van der Waals surface area contributed by atoms with Crippen LogP contribution in [0.4, 0.5) is 0 Å². The standard InChI is InChI=1S/C18H20N2O2/c1-13-8-7-9-14(2)18(13)22-12-17(21)20-19-15(3)16-10-5-4-6-11-16/h4-11H,12H2,1-3H3,(H,20,21). The maximum absolute atomic E-state index is 11.8. The molecule has 0 saturated carbocycles. The van der Waals surface area contributed by atoms with Crippen molar-refractivity contribution in [2.45, 2.75) is 20.8 Å². The second-order valence-electron chi connectivity index (χ2n) is 5.11. The largest absolute Gasteiger partial charge is 0.483 e. The molecule has 114 valence electrons. The minimum atomic E-state index is -0.280. The third-order valence-corrected chi connectivity index (χ3v) is 3.30. The molecule has 0 aliphatic carbocycles. The molecule has 0 heterocycles. The molecule has 2 rings (SSSR count). The third-order valence-electron chi connectivity index (χ3n) is 3.30. The number of para-hydroxylation sites is 1. The lowest BCUT2D eigenvalue weighted by atomic mass is 10.1. The second-order valence-corrected chi connectivity index (χ2v) is 5.11. The Bertz CT molecular complexity index is 658. The lowest BCUT2D eigenvalue weighted by Crippen LogP contribution is -2.26. The SMILES string of the molecule is CC(=NNC(=O)COc1c(C)cccc1C)c1ccccc1. The monoisotopic (exact) mass is 296 g/mol.